The number of phenols is 1. The number of carbonyl (C=O) groups excluding carboxylic acids is 1. The fourth-order valence-electron chi connectivity index (χ4n) is 3.31. The summed E-state index contributed by atoms with van der Waals surface area (Å²) in [6.07, 6.45) is 0. The highest BCUT2D eigenvalue weighted by molar-refractivity contribution is 5.86. The van der Waals surface area contributed by atoms with Gasteiger partial charge in [-0.05, 0) is 41.5 Å². The Morgan fingerprint density at radius 3 is 2.27 bits per heavy atom. The largest absolute Gasteiger partial charge is 0.505 e. The lowest BCUT2D eigenvalue weighted by Crippen LogP contribution is -2.15. The van der Waals surface area contributed by atoms with Gasteiger partial charge in [0.15, 0.2) is 0 Å². The molecule has 1 N–H and O–H groups in total. The number of aromatic nitrogens is 3. The van der Waals surface area contributed by atoms with E-state index in [1.54, 1.807) is 19.1 Å². The van der Waals surface area contributed by atoms with Gasteiger partial charge in [-0.3, -0.25) is 0 Å². The first-order chi connectivity index (χ1) is 15.3. The van der Waals surface area contributed by atoms with Gasteiger partial charge < -0.3 is 14.6 Å². The highest BCUT2D eigenvalue weighted by Crippen LogP contribution is 2.38. The number of nitrogens with zero attached hydrogens (tertiary/aromatic N) is 3. The number of benzene rings is 2. The molecule has 0 fully saturated rings. The summed E-state index contributed by atoms with van der Waals surface area (Å²) < 4.78 is 10.9. The van der Waals surface area contributed by atoms with Gasteiger partial charge in [0, 0.05) is 17.2 Å². The first-order valence-corrected chi connectivity index (χ1v) is 11.0. The third-order valence-corrected chi connectivity index (χ3v) is 5.27. The summed E-state index contributed by atoms with van der Waals surface area (Å²) in [6, 6.07) is 9.50. The standard InChI is InChI=1S/C26H33N3O4/c1-16(2)24(31)33-12-11-32-18-14-19(26(6,7)8)23(30)22(15-18)29-27-20-10-9-17(25(3,4)5)13-21(20)28-29/h9-10,13-15,30H,1,11-12H2,2-8H3. The van der Waals surface area contributed by atoms with Crippen molar-refractivity contribution >= 4 is 17.0 Å². The maximum Gasteiger partial charge on any atom is 0.333 e. The molecular formula is C26H33N3O4. The summed E-state index contributed by atoms with van der Waals surface area (Å²) in [6.45, 7) is 17.9. The lowest BCUT2D eigenvalue weighted by molar-refractivity contribution is -0.139. The zero-order valence-electron chi connectivity index (χ0n) is 20.5. The van der Waals surface area contributed by atoms with Crippen molar-refractivity contribution < 1.29 is 19.4 Å². The average Bonchev–Trinajstić information content (AvgIpc) is 3.13. The van der Waals surface area contributed by atoms with Crippen molar-refractivity contribution in [1.29, 1.82) is 0 Å². The van der Waals surface area contributed by atoms with Crippen LogP contribution in [0.25, 0.3) is 16.7 Å². The number of carbonyl (C=O) groups is 1. The number of hydrogen-bond donors (Lipinski definition) is 1. The molecule has 0 spiro atoms. The molecule has 2 aromatic carbocycles. The molecule has 0 saturated heterocycles. The van der Waals surface area contributed by atoms with Crippen LogP contribution in [-0.4, -0.2) is 39.3 Å². The van der Waals surface area contributed by atoms with Crippen LogP contribution in [0.2, 0.25) is 0 Å². The lowest BCUT2D eigenvalue weighted by Gasteiger charge is -2.23. The summed E-state index contributed by atoms with van der Waals surface area (Å²) in [4.78, 5) is 13.0. The molecule has 0 aliphatic heterocycles. The highest BCUT2D eigenvalue weighted by atomic mass is 16.6. The van der Waals surface area contributed by atoms with Crippen molar-refractivity contribution in [3.63, 3.8) is 0 Å². The quantitative estimate of drug-likeness (QED) is 0.314. The molecule has 176 valence electrons. The summed E-state index contributed by atoms with van der Waals surface area (Å²) in [7, 11) is 0. The monoisotopic (exact) mass is 451 g/mol. The SMILES string of the molecule is C=C(C)C(=O)OCCOc1cc(-n2nc3ccc(C(C)(C)C)cc3n2)c(O)c(C(C)(C)C)c1. The van der Waals surface area contributed by atoms with Gasteiger partial charge in [0.2, 0.25) is 0 Å². The maximum absolute atomic E-state index is 11.6. The Morgan fingerprint density at radius 1 is 1.00 bits per heavy atom. The van der Waals surface area contributed by atoms with Crippen molar-refractivity contribution in [3.05, 3.63) is 53.6 Å². The van der Waals surface area contributed by atoms with E-state index in [2.05, 4.69) is 37.5 Å². The van der Waals surface area contributed by atoms with Crippen LogP contribution in [0, 0.1) is 0 Å². The minimum absolute atomic E-state index is 0.0130. The maximum atomic E-state index is 11.6. The van der Waals surface area contributed by atoms with Gasteiger partial charge in [0.1, 0.15) is 41.4 Å². The van der Waals surface area contributed by atoms with Gasteiger partial charge in [-0.2, -0.15) is 0 Å². The second-order valence-electron chi connectivity index (χ2n) is 10.3. The van der Waals surface area contributed by atoms with E-state index < -0.39 is 5.97 Å². The van der Waals surface area contributed by atoms with E-state index in [1.165, 1.54) is 4.80 Å². The van der Waals surface area contributed by atoms with E-state index in [9.17, 15) is 9.90 Å². The van der Waals surface area contributed by atoms with Crippen molar-refractivity contribution in [2.45, 2.75) is 59.3 Å². The van der Waals surface area contributed by atoms with Gasteiger partial charge in [-0.15, -0.1) is 15.0 Å². The number of hydrogen-bond acceptors (Lipinski definition) is 6. The lowest BCUT2D eigenvalue weighted by atomic mass is 9.86. The van der Waals surface area contributed by atoms with Crippen molar-refractivity contribution in [2.24, 2.45) is 0 Å². The second-order valence-corrected chi connectivity index (χ2v) is 10.3. The fourth-order valence-corrected chi connectivity index (χ4v) is 3.31. The average molecular weight is 452 g/mol. The molecule has 0 atom stereocenters. The minimum atomic E-state index is -0.456. The molecule has 7 heteroatoms. The van der Waals surface area contributed by atoms with Crippen LogP contribution in [-0.2, 0) is 20.4 Å². The first kappa shape index (κ1) is 24.3. The number of ether oxygens (including phenoxy) is 2. The van der Waals surface area contributed by atoms with Crippen LogP contribution in [0.3, 0.4) is 0 Å². The molecule has 0 amide bonds. The molecule has 3 aromatic rings. The molecule has 0 radical (unpaired) electrons. The van der Waals surface area contributed by atoms with Gasteiger partial charge in [-0.25, -0.2) is 4.79 Å². The number of fused-ring (bicyclic) bond motifs is 1. The van der Waals surface area contributed by atoms with Gasteiger partial charge in [-0.1, -0.05) is 54.2 Å². The Balaban J connectivity index is 1.97. The predicted octanol–water partition coefficient (Wildman–Crippen LogP) is 5.22. The van der Waals surface area contributed by atoms with Crippen LogP contribution in [0.4, 0.5) is 0 Å². The summed E-state index contributed by atoms with van der Waals surface area (Å²) in [5, 5.41) is 20.3. The molecule has 0 bridgehead atoms. The normalized spacial score (nSPS) is 12.1. The zero-order chi connectivity index (χ0) is 24.6. The first-order valence-electron chi connectivity index (χ1n) is 11.0. The minimum Gasteiger partial charge on any atom is -0.505 e. The van der Waals surface area contributed by atoms with Crippen LogP contribution >= 0.6 is 0 Å². The fraction of sp³-hybridized carbons (Fsp3) is 0.423. The molecule has 0 aliphatic carbocycles. The van der Waals surface area contributed by atoms with Crippen molar-refractivity contribution in [2.75, 3.05) is 13.2 Å². The topological polar surface area (TPSA) is 86.5 Å². The Bertz CT molecular complexity index is 1200. The molecule has 1 heterocycles. The molecule has 7 nitrogen and oxygen atoms in total. The van der Waals surface area contributed by atoms with E-state index >= 15 is 0 Å². The van der Waals surface area contributed by atoms with Gasteiger partial charge in [0.25, 0.3) is 0 Å². The predicted molar refractivity (Wildman–Crippen MR) is 129 cm³/mol. The van der Waals surface area contributed by atoms with Gasteiger partial charge >= 0.3 is 5.97 Å². The molecule has 33 heavy (non-hydrogen) atoms. The zero-order valence-corrected chi connectivity index (χ0v) is 20.5. The molecule has 3 rings (SSSR count). The second kappa shape index (κ2) is 8.89. The Morgan fingerprint density at radius 2 is 1.67 bits per heavy atom. The summed E-state index contributed by atoms with van der Waals surface area (Å²) >= 11 is 0. The Kier molecular flexibility index (Phi) is 6.54. The highest BCUT2D eigenvalue weighted by Gasteiger charge is 2.24. The van der Waals surface area contributed by atoms with E-state index in [0.29, 0.717) is 22.6 Å². The summed E-state index contributed by atoms with van der Waals surface area (Å²) in [5.74, 6) is 0.165. The van der Waals surface area contributed by atoms with Crippen LogP contribution < -0.4 is 4.74 Å². The van der Waals surface area contributed by atoms with Crippen LogP contribution in [0.15, 0.2) is 42.5 Å². The van der Waals surface area contributed by atoms with Crippen LogP contribution in [0.1, 0.15) is 59.6 Å². The van der Waals surface area contributed by atoms with Gasteiger partial charge in [0.05, 0.1) is 0 Å². The van der Waals surface area contributed by atoms with Crippen molar-refractivity contribution in [3.8, 4) is 17.2 Å². The molecule has 0 saturated carbocycles. The van der Waals surface area contributed by atoms with E-state index in [-0.39, 0.29) is 29.8 Å². The number of aromatic hydroxyl groups is 1. The van der Waals surface area contributed by atoms with Crippen molar-refractivity contribution in [1.82, 2.24) is 15.0 Å². The summed E-state index contributed by atoms with van der Waals surface area (Å²) in [5.41, 5.74) is 3.73. The smallest absolute Gasteiger partial charge is 0.333 e. The number of rotatable bonds is 6. The Hall–Kier alpha value is -3.35. The Labute approximate surface area is 195 Å². The van der Waals surface area contributed by atoms with E-state index in [0.717, 1.165) is 16.6 Å². The number of phenolic OH excluding ortho intramolecular Hbond substituents is 1. The number of esters is 1. The van der Waals surface area contributed by atoms with Crippen LogP contribution in [0.5, 0.6) is 11.5 Å². The third kappa shape index (κ3) is 5.53. The van der Waals surface area contributed by atoms with E-state index in [1.807, 2.05) is 39.0 Å². The molecule has 1 aromatic heterocycles. The molecule has 0 unspecified atom stereocenters. The molecular weight excluding hydrogens is 418 g/mol. The van der Waals surface area contributed by atoms with E-state index in [4.69, 9.17) is 9.47 Å². The third-order valence-electron chi connectivity index (χ3n) is 5.27. The molecule has 0 aliphatic rings.